The Morgan fingerprint density at radius 2 is 1.82 bits per heavy atom. The third-order valence-electron chi connectivity index (χ3n) is 5.36. The molecule has 0 unspecified atom stereocenters. The van der Waals surface area contributed by atoms with Crippen LogP contribution < -0.4 is 10.6 Å². The molecule has 4 rings (SSSR count). The van der Waals surface area contributed by atoms with Crippen molar-refractivity contribution in [1.82, 2.24) is 10.6 Å². The molecule has 3 heterocycles. The molecule has 3 N–H and O–H groups in total. The van der Waals surface area contributed by atoms with E-state index in [1.807, 2.05) is 0 Å². The number of benzene rings is 1. The number of nitrogens with one attached hydrogen (secondary N) is 2. The smallest absolute Gasteiger partial charge is 0.437 e. The zero-order valence-corrected chi connectivity index (χ0v) is 17.8. The number of aliphatic hydroxyl groups is 1. The molecule has 0 aliphatic carbocycles. The van der Waals surface area contributed by atoms with Crippen molar-refractivity contribution in [1.29, 1.82) is 0 Å². The average molecular weight is 478 g/mol. The number of hydrogen-bond acceptors (Lipinski definition) is 6. The van der Waals surface area contributed by atoms with Gasteiger partial charge < -0.3 is 20.2 Å². The summed E-state index contributed by atoms with van der Waals surface area (Å²) < 4.78 is 47.4. The van der Waals surface area contributed by atoms with E-state index in [9.17, 15) is 32.7 Å². The van der Waals surface area contributed by atoms with Gasteiger partial charge in [-0.25, -0.2) is 4.79 Å². The van der Waals surface area contributed by atoms with Crippen molar-refractivity contribution >= 4 is 28.9 Å². The number of urea groups is 1. The molecule has 2 amide bonds. The Morgan fingerprint density at radius 1 is 1.12 bits per heavy atom. The summed E-state index contributed by atoms with van der Waals surface area (Å²) in [4.78, 5) is 36.6. The Labute approximate surface area is 189 Å². The molecule has 172 valence electrons. The fraction of sp³-hybridized carbons (Fsp3) is 0.227. The largest absolute Gasteiger partial charge is 0.459 e. The lowest BCUT2D eigenvalue weighted by Crippen LogP contribution is -2.72. The molecule has 1 aromatic carbocycles. The van der Waals surface area contributed by atoms with Crippen LogP contribution in [0.15, 0.2) is 58.3 Å². The summed E-state index contributed by atoms with van der Waals surface area (Å²) in [6, 6.07) is 9.04. The SMILES string of the molecule is CC(=O)c1ccc(-c2ccc([C@H]3NC(=O)N[C@@](O)(C(F)(F)F)[C@@H]3C(=O)c3cccs3)o2)cc1. The number of rotatable bonds is 5. The summed E-state index contributed by atoms with van der Waals surface area (Å²) in [6.45, 7) is 1.41. The molecule has 7 nitrogen and oxygen atoms in total. The number of furan rings is 1. The topological polar surface area (TPSA) is 109 Å². The Kier molecular flexibility index (Phi) is 5.62. The van der Waals surface area contributed by atoms with Crippen molar-refractivity contribution in [2.24, 2.45) is 5.92 Å². The van der Waals surface area contributed by atoms with Crippen LogP contribution in [-0.4, -0.2) is 34.6 Å². The van der Waals surface area contributed by atoms with Gasteiger partial charge in [-0.1, -0.05) is 30.3 Å². The second-order valence-corrected chi connectivity index (χ2v) is 8.44. The molecule has 2 aromatic heterocycles. The van der Waals surface area contributed by atoms with Crippen LogP contribution in [0.25, 0.3) is 11.3 Å². The van der Waals surface area contributed by atoms with Gasteiger partial charge in [0.25, 0.3) is 0 Å². The van der Waals surface area contributed by atoms with Crippen molar-refractivity contribution in [2.45, 2.75) is 24.9 Å². The predicted octanol–water partition coefficient (Wildman–Crippen LogP) is 4.31. The van der Waals surface area contributed by atoms with Crippen molar-refractivity contribution in [3.63, 3.8) is 0 Å². The number of halogens is 3. The van der Waals surface area contributed by atoms with Gasteiger partial charge in [-0.05, 0) is 30.5 Å². The van der Waals surface area contributed by atoms with E-state index < -0.39 is 35.7 Å². The van der Waals surface area contributed by atoms with Gasteiger partial charge in [-0.2, -0.15) is 13.2 Å². The summed E-state index contributed by atoms with van der Waals surface area (Å²) in [7, 11) is 0. The Bertz CT molecular complexity index is 1200. The van der Waals surface area contributed by atoms with Crippen LogP contribution in [0.4, 0.5) is 18.0 Å². The monoisotopic (exact) mass is 478 g/mol. The van der Waals surface area contributed by atoms with Crippen LogP contribution in [0.3, 0.4) is 0 Å². The highest BCUT2D eigenvalue weighted by molar-refractivity contribution is 7.12. The highest BCUT2D eigenvalue weighted by Crippen LogP contribution is 2.45. The lowest BCUT2D eigenvalue weighted by atomic mass is 9.80. The fourth-order valence-corrected chi connectivity index (χ4v) is 4.40. The first-order valence-corrected chi connectivity index (χ1v) is 10.6. The number of carbonyl (C=O) groups excluding carboxylic acids is 3. The second kappa shape index (κ2) is 8.16. The molecule has 0 radical (unpaired) electrons. The van der Waals surface area contributed by atoms with E-state index in [1.165, 1.54) is 41.9 Å². The van der Waals surface area contributed by atoms with E-state index in [1.54, 1.807) is 24.3 Å². The highest BCUT2D eigenvalue weighted by Gasteiger charge is 2.67. The molecule has 11 heteroatoms. The van der Waals surface area contributed by atoms with Crippen LogP contribution >= 0.6 is 11.3 Å². The van der Waals surface area contributed by atoms with Gasteiger partial charge in [0.1, 0.15) is 23.5 Å². The maximum Gasteiger partial charge on any atom is 0.437 e. The van der Waals surface area contributed by atoms with E-state index >= 15 is 0 Å². The zero-order chi connectivity index (χ0) is 24.0. The molecular formula is C22H17F3N2O5S. The van der Waals surface area contributed by atoms with Crippen LogP contribution in [-0.2, 0) is 0 Å². The van der Waals surface area contributed by atoms with Crippen LogP contribution in [0.5, 0.6) is 0 Å². The molecule has 0 saturated carbocycles. The van der Waals surface area contributed by atoms with Gasteiger partial charge in [0, 0.05) is 11.1 Å². The van der Waals surface area contributed by atoms with Gasteiger partial charge in [0.2, 0.25) is 5.72 Å². The van der Waals surface area contributed by atoms with Gasteiger partial charge in [0.15, 0.2) is 11.6 Å². The number of thiophene rings is 1. The molecule has 1 aliphatic heterocycles. The maximum absolute atomic E-state index is 13.9. The highest BCUT2D eigenvalue weighted by atomic mass is 32.1. The third-order valence-corrected chi connectivity index (χ3v) is 6.25. The first kappa shape index (κ1) is 22.7. The standard InChI is InChI=1S/C22H17F3N2O5S/c1-11(28)12-4-6-13(7-5-12)14-8-9-15(32-14)18-17(19(29)16-3-2-10-33-16)21(31,22(23,24)25)27-20(30)26-18/h2-10,17-18,31H,1H3,(H2,26,27,30)/t17-,18+,21-/m0/s1. The maximum atomic E-state index is 13.9. The number of amides is 2. The van der Waals surface area contributed by atoms with Gasteiger partial charge in [0.05, 0.1) is 4.88 Å². The van der Waals surface area contributed by atoms with E-state index in [2.05, 4.69) is 5.32 Å². The molecule has 0 bridgehead atoms. The first-order valence-electron chi connectivity index (χ1n) is 9.68. The van der Waals surface area contributed by atoms with E-state index in [-0.39, 0.29) is 22.2 Å². The molecule has 0 spiro atoms. The number of hydrogen-bond donors (Lipinski definition) is 3. The predicted molar refractivity (Wildman–Crippen MR) is 112 cm³/mol. The van der Waals surface area contributed by atoms with Crippen LogP contribution in [0, 0.1) is 5.92 Å². The number of carbonyl (C=O) groups is 3. The minimum atomic E-state index is -5.35. The molecule has 1 saturated heterocycles. The van der Waals surface area contributed by atoms with Crippen molar-refractivity contribution in [3.05, 3.63) is 70.1 Å². The molecule has 3 aromatic rings. The number of Topliss-reactive ketones (excluding diaryl/α,β-unsaturated/α-hetero) is 2. The quantitative estimate of drug-likeness (QED) is 0.474. The Morgan fingerprint density at radius 3 is 2.39 bits per heavy atom. The number of ketones is 2. The van der Waals surface area contributed by atoms with Crippen LogP contribution in [0.1, 0.15) is 38.8 Å². The summed E-state index contributed by atoms with van der Waals surface area (Å²) in [5.41, 5.74) is -2.83. The van der Waals surface area contributed by atoms with E-state index in [4.69, 9.17) is 4.42 Å². The Hall–Kier alpha value is -3.44. The second-order valence-electron chi connectivity index (χ2n) is 7.50. The first-order chi connectivity index (χ1) is 15.5. The van der Waals surface area contributed by atoms with Gasteiger partial charge >= 0.3 is 12.2 Å². The Balaban J connectivity index is 1.76. The minimum absolute atomic E-state index is 0.0165. The van der Waals surface area contributed by atoms with E-state index in [0.717, 1.165) is 11.3 Å². The fourth-order valence-electron chi connectivity index (χ4n) is 3.69. The zero-order valence-electron chi connectivity index (χ0n) is 17.0. The lowest BCUT2D eigenvalue weighted by Gasteiger charge is -2.44. The van der Waals surface area contributed by atoms with Gasteiger partial charge in [-0.3, -0.25) is 9.59 Å². The molecule has 33 heavy (non-hydrogen) atoms. The summed E-state index contributed by atoms with van der Waals surface area (Å²) in [5, 5.41) is 15.8. The minimum Gasteiger partial charge on any atom is -0.459 e. The number of alkyl halides is 3. The molecule has 3 atom stereocenters. The van der Waals surface area contributed by atoms with Crippen molar-refractivity contribution in [3.8, 4) is 11.3 Å². The van der Waals surface area contributed by atoms with Crippen molar-refractivity contribution in [2.75, 3.05) is 0 Å². The van der Waals surface area contributed by atoms with Crippen molar-refractivity contribution < 1.29 is 37.1 Å². The average Bonchev–Trinajstić information content (AvgIpc) is 3.44. The third kappa shape index (κ3) is 4.05. The molecule has 1 fully saturated rings. The molecule has 1 aliphatic rings. The summed E-state index contributed by atoms with van der Waals surface area (Å²) >= 11 is 0.913. The normalized spacial score (nSPS) is 23.0. The van der Waals surface area contributed by atoms with Crippen LogP contribution in [0.2, 0.25) is 0 Å². The van der Waals surface area contributed by atoms with Gasteiger partial charge in [-0.15, -0.1) is 11.3 Å². The lowest BCUT2D eigenvalue weighted by molar-refractivity contribution is -0.287. The molecular weight excluding hydrogens is 461 g/mol. The summed E-state index contributed by atoms with van der Waals surface area (Å²) in [6.07, 6.45) is -5.35. The van der Waals surface area contributed by atoms with E-state index in [0.29, 0.717) is 11.1 Å². The summed E-state index contributed by atoms with van der Waals surface area (Å²) in [5.74, 6) is -3.21.